The minimum Gasteiger partial charge on any atom is -0.479 e. The number of carboxylic acid groups (broad SMARTS) is 2. The quantitative estimate of drug-likeness (QED) is 0.307. The van der Waals surface area contributed by atoms with E-state index in [1.165, 1.54) is 4.85 Å². The van der Waals surface area contributed by atoms with Crippen LogP contribution in [0.4, 0.5) is 0 Å². The van der Waals surface area contributed by atoms with E-state index < -0.39 is 24.1 Å². The second-order valence-electron chi connectivity index (χ2n) is 6.29. The molecular formula is C18H23N5O8. The molecule has 0 aliphatic heterocycles. The summed E-state index contributed by atoms with van der Waals surface area (Å²) in [6.45, 7) is 3.05. The van der Waals surface area contributed by atoms with Crippen molar-refractivity contribution in [1.29, 1.82) is 0 Å². The first-order valence-electron chi connectivity index (χ1n) is 9.03. The molecule has 168 valence electrons. The van der Waals surface area contributed by atoms with Crippen LogP contribution in [0.2, 0.25) is 0 Å². The minimum absolute atomic E-state index is 0.180. The molecule has 0 spiro atoms. The van der Waals surface area contributed by atoms with Crippen LogP contribution in [0.1, 0.15) is 18.5 Å². The van der Waals surface area contributed by atoms with Crippen LogP contribution < -0.4 is 4.84 Å². The highest BCUT2D eigenvalue weighted by Gasteiger charge is 2.29. The molecule has 0 aliphatic carbocycles. The topological polar surface area (TPSA) is 182 Å². The predicted molar refractivity (Wildman–Crippen MR) is 104 cm³/mol. The predicted octanol–water partition coefficient (Wildman–Crippen LogP) is -0.810. The molecule has 4 N–H and O–H groups in total. The maximum Gasteiger partial charge on any atom is 0.335 e. The van der Waals surface area contributed by atoms with Gasteiger partial charge in [-0.2, -0.15) is 0 Å². The third kappa shape index (κ3) is 6.21. The zero-order valence-electron chi connectivity index (χ0n) is 16.8. The fourth-order valence-corrected chi connectivity index (χ4v) is 2.42. The molecule has 0 saturated carbocycles. The van der Waals surface area contributed by atoms with Crippen LogP contribution >= 0.6 is 0 Å². The first kappa shape index (κ1) is 23.7. The lowest BCUT2D eigenvalue weighted by Gasteiger charge is -2.13. The molecule has 13 heteroatoms. The van der Waals surface area contributed by atoms with E-state index in [1.54, 1.807) is 19.6 Å². The number of carboxylic acids is 2. The summed E-state index contributed by atoms with van der Waals surface area (Å²) in [5, 5.41) is 40.6. The molecule has 0 bridgehead atoms. The maximum atomic E-state index is 9.77. The summed E-state index contributed by atoms with van der Waals surface area (Å²) in [6, 6.07) is 6.20. The number of methoxy groups -OCH3 is 1. The van der Waals surface area contributed by atoms with E-state index in [0.717, 1.165) is 16.6 Å². The molecule has 3 atom stereocenters. The number of aliphatic hydroxyl groups excluding tert-OH is 2. The highest BCUT2D eigenvalue weighted by Crippen LogP contribution is 2.21. The SMILES string of the molecule is COCCOn1nnc2ccc(C(C)n3ccnc3)cc21.O=C(O)C(O)C(O)C(=O)O. The normalized spacial score (nSPS) is 13.7. The number of fused-ring (bicyclic) bond motifs is 1. The minimum atomic E-state index is -2.27. The summed E-state index contributed by atoms with van der Waals surface area (Å²) >= 11 is 0. The fourth-order valence-electron chi connectivity index (χ4n) is 2.42. The zero-order valence-corrected chi connectivity index (χ0v) is 16.8. The van der Waals surface area contributed by atoms with Crippen molar-refractivity contribution < 1.29 is 39.6 Å². The molecule has 3 unspecified atom stereocenters. The van der Waals surface area contributed by atoms with Gasteiger partial charge in [-0.05, 0) is 29.8 Å². The Hall–Kier alpha value is -3.55. The van der Waals surface area contributed by atoms with Crippen LogP contribution in [0.3, 0.4) is 0 Å². The Balaban J connectivity index is 0.000000291. The van der Waals surface area contributed by atoms with Crippen molar-refractivity contribution in [2.24, 2.45) is 0 Å². The van der Waals surface area contributed by atoms with E-state index in [4.69, 9.17) is 30.0 Å². The molecule has 1 aromatic carbocycles. The standard InChI is InChI=1S/C14H17N5O2.C4H6O6/c1-11(18-6-5-15-10-18)12-3-4-13-14(9-12)19(17-16-13)21-8-7-20-2;5-1(3(7)8)2(6)4(9)10/h3-6,9-11H,7-8H2,1-2H3;1-2,5-6H,(H,7,8)(H,9,10). The van der Waals surface area contributed by atoms with Gasteiger partial charge in [0.05, 0.1) is 19.0 Å². The lowest BCUT2D eigenvalue weighted by Crippen LogP contribution is -2.39. The van der Waals surface area contributed by atoms with Crippen molar-refractivity contribution in [2.45, 2.75) is 25.2 Å². The first-order valence-corrected chi connectivity index (χ1v) is 9.03. The van der Waals surface area contributed by atoms with Gasteiger partial charge in [-0.3, -0.25) is 0 Å². The monoisotopic (exact) mass is 437 g/mol. The van der Waals surface area contributed by atoms with Gasteiger partial charge in [0.1, 0.15) is 17.6 Å². The average Bonchev–Trinajstić information content (AvgIpc) is 3.42. The van der Waals surface area contributed by atoms with Gasteiger partial charge in [0.2, 0.25) is 0 Å². The van der Waals surface area contributed by atoms with Crippen LogP contribution in [0.15, 0.2) is 36.9 Å². The summed E-state index contributed by atoms with van der Waals surface area (Å²) < 4.78 is 7.01. The number of ether oxygens (including phenoxy) is 1. The Labute approximate surface area is 176 Å². The molecule has 0 saturated heterocycles. The molecular weight excluding hydrogens is 414 g/mol. The number of imidazole rings is 1. The smallest absolute Gasteiger partial charge is 0.335 e. The van der Waals surface area contributed by atoms with Crippen LogP contribution in [-0.2, 0) is 14.3 Å². The summed E-state index contributed by atoms with van der Waals surface area (Å²) in [5.41, 5.74) is 2.78. The molecule has 31 heavy (non-hydrogen) atoms. The Bertz CT molecular complexity index is 972. The number of aliphatic carboxylic acids is 2. The van der Waals surface area contributed by atoms with E-state index in [2.05, 4.69) is 22.2 Å². The Kier molecular flexibility index (Phi) is 8.43. The van der Waals surface area contributed by atoms with Crippen molar-refractivity contribution >= 4 is 23.0 Å². The molecule has 0 aliphatic rings. The van der Waals surface area contributed by atoms with Crippen molar-refractivity contribution in [2.75, 3.05) is 20.3 Å². The molecule has 0 radical (unpaired) electrons. The lowest BCUT2D eigenvalue weighted by atomic mass is 10.1. The van der Waals surface area contributed by atoms with Crippen molar-refractivity contribution in [3.8, 4) is 0 Å². The van der Waals surface area contributed by atoms with E-state index in [9.17, 15) is 9.59 Å². The summed E-state index contributed by atoms with van der Waals surface area (Å²) in [5.74, 6) is -3.54. The fraction of sp³-hybridized carbons (Fsp3) is 0.389. The number of benzene rings is 1. The van der Waals surface area contributed by atoms with Gasteiger partial charge < -0.3 is 34.6 Å². The number of aliphatic hydroxyl groups is 2. The number of carbonyl (C=O) groups is 2. The van der Waals surface area contributed by atoms with Crippen molar-refractivity contribution in [1.82, 2.24) is 24.7 Å². The Morgan fingerprint density at radius 2 is 1.81 bits per heavy atom. The second kappa shape index (κ2) is 11.0. The highest BCUT2D eigenvalue weighted by molar-refractivity contribution is 5.83. The highest BCUT2D eigenvalue weighted by atomic mass is 16.7. The number of hydrogen-bond donors (Lipinski definition) is 4. The third-order valence-electron chi connectivity index (χ3n) is 4.20. The van der Waals surface area contributed by atoms with Gasteiger partial charge >= 0.3 is 11.9 Å². The zero-order chi connectivity index (χ0) is 23.0. The third-order valence-corrected chi connectivity index (χ3v) is 4.20. The van der Waals surface area contributed by atoms with E-state index in [-0.39, 0.29) is 6.04 Å². The number of aromatic nitrogens is 5. The van der Waals surface area contributed by atoms with Gasteiger partial charge in [-0.15, -0.1) is 5.10 Å². The largest absolute Gasteiger partial charge is 0.479 e. The summed E-state index contributed by atoms with van der Waals surface area (Å²) in [6.07, 6.45) is 0.989. The van der Waals surface area contributed by atoms with Gasteiger partial charge in [0.15, 0.2) is 12.2 Å². The molecule has 3 rings (SSSR count). The lowest BCUT2D eigenvalue weighted by molar-refractivity contribution is -0.165. The second-order valence-corrected chi connectivity index (χ2v) is 6.29. The van der Waals surface area contributed by atoms with Gasteiger partial charge in [0.25, 0.3) is 0 Å². The first-order chi connectivity index (χ1) is 14.8. The van der Waals surface area contributed by atoms with Crippen LogP contribution in [0.25, 0.3) is 11.0 Å². The van der Waals surface area contributed by atoms with Crippen LogP contribution in [0, 0.1) is 0 Å². The van der Waals surface area contributed by atoms with E-state index >= 15 is 0 Å². The summed E-state index contributed by atoms with van der Waals surface area (Å²) in [4.78, 5) is 30.6. The van der Waals surface area contributed by atoms with Gasteiger partial charge in [0, 0.05) is 19.5 Å². The number of hydrogen-bond acceptors (Lipinski definition) is 9. The van der Waals surface area contributed by atoms with Crippen LogP contribution in [0.5, 0.6) is 0 Å². The number of nitrogens with zero attached hydrogens (tertiary/aromatic N) is 5. The number of rotatable bonds is 9. The average molecular weight is 437 g/mol. The van der Waals surface area contributed by atoms with Crippen LogP contribution in [-0.4, -0.2) is 89.6 Å². The molecule has 0 fully saturated rings. The van der Waals surface area contributed by atoms with Gasteiger partial charge in [-0.1, -0.05) is 10.9 Å². The molecule has 2 heterocycles. The molecule has 3 aromatic rings. The Morgan fingerprint density at radius 3 is 2.35 bits per heavy atom. The van der Waals surface area contributed by atoms with E-state index in [0.29, 0.717) is 13.2 Å². The van der Waals surface area contributed by atoms with Gasteiger partial charge in [-0.25, -0.2) is 14.6 Å². The van der Waals surface area contributed by atoms with Crippen molar-refractivity contribution in [3.63, 3.8) is 0 Å². The van der Waals surface area contributed by atoms with E-state index in [1.807, 2.05) is 29.0 Å². The molecule has 13 nitrogen and oxygen atoms in total. The molecule has 2 aromatic heterocycles. The summed E-state index contributed by atoms with van der Waals surface area (Å²) in [7, 11) is 1.63. The van der Waals surface area contributed by atoms with Crippen molar-refractivity contribution in [3.05, 3.63) is 42.5 Å². The Morgan fingerprint density at radius 1 is 1.13 bits per heavy atom. The molecule has 0 amide bonds. The maximum absolute atomic E-state index is 9.77.